The molecule has 1 aromatic carbocycles. The highest BCUT2D eigenvalue weighted by molar-refractivity contribution is 6.42. The van der Waals surface area contributed by atoms with Crippen LogP contribution in [-0.4, -0.2) is 55.4 Å². The first-order valence-corrected chi connectivity index (χ1v) is 7.21. The van der Waals surface area contributed by atoms with Crippen LogP contribution in [-0.2, 0) is 0 Å². The van der Waals surface area contributed by atoms with E-state index >= 15 is 0 Å². The number of benzene rings is 1. The molecule has 2 rings (SSSR count). The number of rotatable bonds is 4. The summed E-state index contributed by atoms with van der Waals surface area (Å²) in [6.45, 7) is 5.02. The minimum absolute atomic E-state index is 0.123. The van der Waals surface area contributed by atoms with Crippen LogP contribution in [0.3, 0.4) is 0 Å². The van der Waals surface area contributed by atoms with Crippen molar-refractivity contribution >= 4 is 29.0 Å². The van der Waals surface area contributed by atoms with Crippen LogP contribution in [0.5, 0.6) is 0 Å². The van der Waals surface area contributed by atoms with Crippen LogP contribution in [0.1, 0.15) is 16.8 Å². The fourth-order valence-corrected chi connectivity index (χ4v) is 2.44. The molecule has 0 aliphatic carbocycles. The number of carbonyl (C=O) groups excluding carboxylic acids is 1. The van der Waals surface area contributed by atoms with E-state index in [4.69, 9.17) is 23.2 Å². The molecule has 0 aromatic heterocycles. The number of nitrogens with zero attached hydrogens (tertiary/aromatic N) is 2. The van der Waals surface area contributed by atoms with Crippen molar-refractivity contribution in [1.29, 1.82) is 0 Å². The van der Waals surface area contributed by atoms with Gasteiger partial charge in [-0.3, -0.25) is 4.79 Å². The van der Waals surface area contributed by atoms with Gasteiger partial charge in [0.1, 0.15) is 0 Å². The third-order valence-electron chi connectivity index (χ3n) is 3.49. The first-order chi connectivity index (χ1) is 9.06. The molecule has 1 aliphatic rings. The van der Waals surface area contributed by atoms with Gasteiger partial charge in [0.05, 0.1) is 10.0 Å². The Morgan fingerprint density at radius 3 is 2.47 bits per heavy atom. The van der Waals surface area contributed by atoms with Gasteiger partial charge in [0, 0.05) is 44.7 Å². The summed E-state index contributed by atoms with van der Waals surface area (Å²) in [6, 6.07) is 5.06. The highest BCUT2D eigenvalue weighted by Gasteiger charge is 2.15. The number of likely N-dealkylation sites (N-methyl/N-ethyl adjacent to an activating group) is 1. The molecule has 3 nitrogen and oxygen atoms in total. The van der Waals surface area contributed by atoms with Crippen LogP contribution in [0.15, 0.2) is 18.2 Å². The van der Waals surface area contributed by atoms with Crippen LogP contribution in [0, 0.1) is 0 Å². The van der Waals surface area contributed by atoms with Crippen LogP contribution in [0.4, 0.5) is 0 Å². The Bertz CT molecular complexity index is 457. The lowest BCUT2D eigenvalue weighted by Gasteiger charge is -2.32. The van der Waals surface area contributed by atoms with Gasteiger partial charge in [-0.25, -0.2) is 0 Å². The predicted octanol–water partition coefficient (Wildman–Crippen LogP) is 2.81. The highest BCUT2D eigenvalue weighted by Crippen LogP contribution is 2.23. The molecule has 0 amide bonds. The highest BCUT2D eigenvalue weighted by atomic mass is 35.5. The van der Waals surface area contributed by atoms with Crippen molar-refractivity contribution in [2.45, 2.75) is 6.42 Å². The Morgan fingerprint density at radius 1 is 1.16 bits per heavy atom. The van der Waals surface area contributed by atoms with E-state index < -0.39 is 0 Å². The number of Topliss-reactive ketones (excluding diaryl/α,β-unsaturated/α-hetero) is 1. The molecule has 0 bridgehead atoms. The van der Waals surface area contributed by atoms with Gasteiger partial charge in [-0.1, -0.05) is 23.2 Å². The molecule has 5 heteroatoms. The molecule has 19 heavy (non-hydrogen) atoms. The summed E-state index contributed by atoms with van der Waals surface area (Å²) in [6.07, 6.45) is 0.529. The maximum atomic E-state index is 12.1. The molecular formula is C14H18Cl2N2O. The SMILES string of the molecule is CN1CCN(CCC(=O)c2ccc(Cl)c(Cl)c2)CC1. The van der Waals surface area contributed by atoms with Crippen molar-refractivity contribution in [2.75, 3.05) is 39.8 Å². The Labute approximate surface area is 124 Å². The third-order valence-corrected chi connectivity index (χ3v) is 4.23. The van der Waals surface area contributed by atoms with E-state index in [0.29, 0.717) is 22.0 Å². The number of hydrogen-bond donors (Lipinski definition) is 0. The van der Waals surface area contributed by atoms with Crippen molar-refractivity contribution in [3.05, 3.63) is 33.8 Å². The third kappa shape index (κ3) is 4.18. The Hall–Kier alpha value is -0.610. The summed E-state index contributed by atoms with van der Waals surface area (Å²) >= 11 is 11.8. The molecule has 1 aliphatic heterocycles. The average Bonchev–Trinajstić information content (AvgIpc) is 2.41. The molecule has 0 atom stereocenters. The maximum absolute atomic E-state index is 12.1. The molecule has 1 fully saturated rings. The van der Waals surface area contributed by atoms with Gasteiger partial charge in [0.15, 0.2) is 5.78 Å². The van der Waals surface area contributed by atoms with Crippen LogP contribution < -0.4 is 0 Å². The summed E-state index contributed by atoms with van der Waals surface area (Å²) in [4.78, 5) is 16.7. The topological polar surface area (TPSA) is 23.6 Å². The smallest absolute Gasteiger partial charge is 0.164 e. The fraction of sp³-hybridized carbons (Fsp3) is 0.500. The second-order valence-corrected chi connectivity index (χ2v) is 5.76. The van der Waals surface area contributed by atoms with Gasteiger partial charge < -0.3 is 9.80 Å². The lowest BCUT2D eigenvalue weighted by molar-refractivity contribution is 0.0942. The normalized spacial score (nSPS) is 17.6. The molecule has 0 radical (unpaired) electrons. The predicted molar refractivity (Wildman–Crippen MR) is 79.3 cm³/mol. The van der Waals surface area contributed by atoms with Crippen LogP contribution >= 0.6 is 23.2 Å². The molecule has 0 unspecified atom stereocenters. The minimum atomic E-state index is 0.123. The molecular weight excluding hydrogens is 283 g/mol. The Balaban J connectivity index is 1.85. The van der Waals surface area contributed by atoms with Crippen molar-refractivity contribution in [3.8, 4) is 0 Å². The molecule has 0 N–H and O–H groups in total. The standard InChI is InChI=1S/C14H18Cl2N2O/c1-17-6-8-18(9-7-17)5-4-14(19)11-2-3-12(15)13(16)10-11/h2-3,10H,4-9H2,1H3. The lowest BCUT2D eigenvalue weighted by Crippen LogP contribution is -2.45. The molecule has 1 saturated heterocycles. The van der Waals surface area contributed by atoms with E-state index in [1.807, 2.05) is 0 Å². The van der Waals surface area contributed by atoms with Gasteiger partial charge >= 0.3 is 0 Å². The van der Waals surface area contributed by atoms with E-state index in [0.717, 1.165) is 32.7 Å². The zero-order valence-electron chi connectivity index (χ0n) is 11.0. The second-order valence-electron chi connectivity index (χ2n) is 4.95. The summed E-state index contributed by atoms with van der Waals surface area (Å²) < 4.78 is 0. The fourth-order valence-electron chi connectivity index (χ4n) is 2.15. The average molecular weight is 301 g/mol. The van der Waals surface area contributed by atoms with E-state index in [9.17, 15) is 4.79 Å². The summed E-state index contributed by atoms with van der Waals surface area (Å²) in [5.74, 6) is 0.123. The minimum Gasteiger partial charge on any atom is -0.304 e. The van der Waals surface area contributed by atoms with Gasteiger partial charge in [0.25, 0.3) is 0 Å². The quantitative estimate of drug-likeness (QED) is 0.799. The summed E-state index contributed by atoms with van der Waals surface area (Å²) in [5.41, 5.74) is 0.642. The van der Waals surface area contributed by atoms with Crippen LogP contribution in [0.25, 0.3) is 0 Å². The number of hydrogen-bond acceptors (Lipinski definition) is 3. The number of carbonyl (C=O) groups is 1. The molecule has 1 heterocycles. The van der Waals surface area contributed by atoms with Crippen molar-refractivity contribution < 1.29 is 4.79 Å². The summed E-state index contributed by atoms with van der Waals surface area (Å²) in [7, 11) is 2.12. The molecule has 1 aromatic rings. The molecule has 104 valence electrons. The van der Waals surface area contributed by atoms with Gasteiger partial charge in [-0.15, -0.1) is 0 Å². The number of piperazine rings is 1. The number of ketones is 1. The Kier molecular flexibility index (Phi) is 5.22. The summed E-state index contributed by atoms with van der Waals surface area (Å²) in [5, 5.41) is 0.921. The molecule has 0 saturated carbocycles. The van der Waals surface area contributed by atoms with E-state index in [-0.39, 0.29) is 5.78 Å². The van der Waals surface area contributed by atoms with E-state index in [1.165, 1.54) is 0 Å². The lowest BCUT2D eigenvalue weighted by atomic mass is 10.1. The first-order valence-electron chi connectivity index (χ1n) is 6.45. The molecule has 0 spiro atoms. The second kappa shape index (κ2) is 6.71. The van der Waals surface area contributed by atoms with Crippen LogP contribution in [0.2, 0.25) is 10.0 Å². The largest absolute Gasteiger partial charge is 0.304 e. The van der Waals surface area contributed by atoms with Crippen molar-refractivity contribution in [2.24, 2.45) is 0 Å². The van der Waals surface area contributed by atoms with E-state index in [1.54, 1.807) is 18.2 Å². The Morgan fingerprint density at radius 2 is 1.84 bits per heavy atom. The monoisotopic (exact) mass is 300 g/mol. The van der Waals surface area contributed by atoms with E-state index in [2.05, 4.69) is 16.8 Å². The van der Waals surface area contributed by atoms with Gasteiger partial charge in [0.2, 0.25) is 0 Å². The first kappa shape index (κ1) is 14.8. The van der Waals surface area contributed by atoms with Crippen molar-refractivity contribution in [1.82, 2.24) is 9.80 Å². The zero-order valence-corrected chi connectivity index (χ0v) is 12.5. The number of halogens is 2. The zero-order chi connectivity index (χ0) is 13.8. The maximum Gasteiger partial charge on any atom is 0.164 e. The van der Waals surface area contributed by atoms with Gasteiger partial charge in [-0.2, -0.15) is 0 Å². The van der Waals surface area contributed by atoms with Gasteiger partial charge in [-0.05, 0) is 25.2 Å². The van der Waals surface area contributed by atoms with Crippen molar-refractivity contribution in [3.63, 3.8) is 0 Å².